The summed E-state index contributed by atoms with van der Waals surface area (Å²) < 4.78 is 33.5. The van der Waals surface area contributed by atoms with Crippen LogP contribution in [0, 0.1) is 0 Å². The summed E-state index contributed by atoms with van der Waals surface area (Å²) in [6.45, 7) is 6.26. The van der Waals surface area contributed by atoms with Gasteiger partial charge in [0.2, 0.25) is 0 Å². The number of carbonyl (C=O) groups is 2. The maximum Gasteiger partial charge on any atom is 0.308 e. The summed E-state index contributed by atoms with van der Waals surface area (Å²) >= 11 is 0. The van der Waals surface area contributed by atoms with Gasteiger partial charge in [-0.15, -0.1) is 0 Å². The predicted octanol–water partition coefficient (Wildman–Crippen LogP) is 1.77. The van der Waals surface area contributed by atoms with Gasteiger partial charge in [0.25, 0.3) is 16.0 Å². The molecule has 0 aliphatic heterocycles. The lowest BCUT2D eigenvalue weighted by Crippen LogP contribution is -2.57. The van der Waals surface area contributed by atoms with E-state index in [9.17, 15) is 18.0 Å². The Morgan fingerprint density at radius 3 is 2.12 bits per heavy atom. The van der Waals surface area contributed by atoms with Crippen LogP contribution in [-0.2, 0) is 35.0 Å². The molecule has 0 radical (unpaired) electrons. The summed E-state index contributed by atoms with van der Waals surface area (Å²) in [5.74, 6) is -3.90. The molecule has 1 unspecified atom stereocenters. The van der Waals surface area contributed by atoms with Crippen molar-refractivity contribution in [3.8, 4) is 0 Å². The normalized spacial score (nSPS) is 14.4. The molecule has 8 heteroatoms. The Kier molecular flexibility index (Phi) is 6.73. The molecule has 0 aromatic heterocycles. The van der Waals surface area contributed by atoms with E-state index in [4.69, 9.17) is 8.92 Å². The fourth-order valence-corrected chi connectivity index (χ4v) is 2.86. The van der Waals surface area contributed by atoms with Crippen LogP contribution in [0.3, 0.4) is 0 Å². The van der Waals surface area contributed by atoms with Gasteiger partial charge in [0.15, 0.2) is 0 Å². The van der Waals surface area contributed by atoms with E-state index in [2.05, 4.69) is 5.32 Å². The molecular formula is C17H25NO6S. The van der Waals surface area contributed by atoms with Gasteiger partial charge in [-0.2, -0.15) is 8.42 Å². The molecular weight excluding hydrogens is 346 g/mol. The zero-order valence-electron chi connectivity index (χ0n) is 15.2. The van der Waals surface area contributed by atoms with Crippen LogP contribution in [0.1, 0.15) is 39.7 Å². The highest BCUT2D eigenvalue weighted by Crippen LogP contribution is 2.25. The fourth-order valence-electron chi connectivity index (χ4n) is 2.17. The minimum atomic E-state index is -4.07. The highest BCUT2D eigenvalue weighted by Gasteiger charge is 2.47. The maximum absolute atomic E-state index is 12.7. The molecule has 7 nitrogen and oxygen atoms in total. The number of aryl methyl sites for hydroxylation is 1. The first-order valence-corrected chi connectivity index (χ1v) is 9.61. The van der Waals surface area contributed by atoms with Crippen LogP contribution in [0.2, 0.25) is 0 Å². The van der Waals surface area contributed by atoms with Gasteiger partial charge in [-0.05, 0) is 32.8 Å². The number of benzene rings is 1. The number of rotatable bonds is 7. The van der Waals surface area contributed by atoms with Gasteiger partial charge in [-0.3, -0.25) is 9.59 Å². The molecule has 0 spiro atoms. The van der Waals surface area contributed by atoms with E-state index in [0.29, 0.717) is 0 Å². The van der Waals surface area contributed by atoms with E-state index in [0.717, 1.165) is 18.7 Å². The fraction of sp³-hybridized carbons (Fsp3) is 0.529. The summed E-state index contributed by atoms with van der Waals surface area (Å²) in [6.07, 6.45) is 0.935. The summed E-state index contributed by atoms with van der Waals surface area (Å²) in [5, 5.41) is 2.62. The van der Waals surface area contributed by atoms with Crippen molar-refractivity contribution in [3.63, 3.8) is 0 Å². The van der Waals surface area contributed by atoms with Crippen molar-refractivity contribution in [2.75, 3.05) is 6.26 Å². The molecule has 1 atom stereocenters. The number of esters is 1. The Balaban J connectivity index is 3.22. The van der Waals surface area contributed by atoms with Crippen molar-refractivity contribution in [3.05, 3.63) is 35.9 Å². The van der Waals surface area contributed by atoms with Crippen molar-refractivity contribution in [1.82, 2.24) is 5.32 Å². The Morgan fingerprint density at radius 1 is 1.12 bits per heavy atom. The van der Waals surface area contributed by atoms with Gasteiger partial charge in [-0.1, -0.05) is 30.3 Å². The molecule has 1 N–H and O–H groups in total. The Morgan fingerprint density at radius 2 is 1.68 bits per heavy atom. The molecule has 0 fully saturated rings. The second-order valence-electron chi connectivity index (χ2n) is 6.82. The van der Waals surface area contributed by atoms with Gasteiger partial charge in [0.1, 0.15) is 0 Å². The van der Waals surface area contributed by atoms with Crippen molar-refractivity contribution in [1.29, 1.82) is 0 Å². The third-order valence-corrected chi connectivity index (χ3v) is 3.59. The van der Waals surface area contributed by atoms with Crippen molar-refractivity contribution < 1.29 is 26.9 Å². The molecule has 0 heterocycles. The number of amides is 1. The van der Waals surface area contributed by atoms with E-state index >= 15 is 0 Å². The number of ether oxygens (including phenoxy) is 1. The molecule has 1 aromatic rings. The zero-order valence-corrected chi connectivity index (χ0v) is 16.0. The van der Waals surface area contributed by atoms with Gasteiger partial charge in [0.05, 0.1) is 6.26 Å². The third kappa shape index (κ3) is 7.66. The van der Waals surface area contributed by atoms with Crippen molar-refractivity contribution in [2.45, 2.75) is 51.9 Å². The number of hydrogen-bond donors (Lipinski definition) is 1. The highest BCUT2D eigenvalue weighted by atomic mass is 32.2. The average molecular weight is 371 g/mol. The Hall–Kier alpha value is -1.93. The van der Waals surface area contributed by atoms with Crippen LogP contribution in [0.5, 0.6) is 0 Å². The Bertz CT molecular complexity index is 708. The topological polar surface area (TPSA) is 98.8 Å². The number of hydrogen-bond acceptors (Lipinski definition) is 6. The van der Waals surface area contributed by atoms with Gasteiger partial charge >= 0.3 is 11.8 Å². The minimum Gasteiger partial charge on any atom is -0.422 e. The monoisotopic (exact) mass is 371 g/mol. The second-order valence-corrected chi connectivity index (χ2v) is 8.40. The predicted molar refractivity (Wildman–Crippen MR) is 93.1 cm³/mol. The summed E-state index contributed by atoms with van der Waals surface area (Å²) in [6, 6.07) is 9.11. The first-order valence-electron chi connectivity index (χ1n) is 7.80. The van der Waals surface area contributed by atoms with E-state index in [1.165, 1.54) is 0 Å². The molecule has 0 saturated carbocycles. The summed E-state index contributed by atoms with van der Waals surface area (Å²) in [4.78, 5) is 24.3. The number of carbonyl (C=O) groups excluding carboxylic acids is 2. The first kappa shape index (κ1) is 21.1. The second kappa shape index (κ2) is 7.97. The minimum absolute atomic E-state index is 0.147. The van der Waals surface area contributed by atoms with Gasteiger partial charge < -0.3 is 10.1 Å². The first-order chi connectivity index (χ1) is 11.3. The lowest BCUT2D eigenvalue weighted by atomic mass is 10.0. The molecule has 0 saturated heterocycles. The molecule has 1 amide bonds. The van der Waals surface area contributed by atoms with Gasteiger partial charge in [-0.25, -0.2) is 4.18 Å². The summed E-state index contributed by atoms with van der Waals surface area (Å²) in [5.41, 5.74) is 0.176. The molecule has 1 aromatic carbocycles. The van der Waals surface area contributed by atoms with Crippen LogP contribution >= 0.6 is 0 Å². The van der Waals surface area contributed by atoms with Crippen molar-refractivity contribution in [2.24, 2.45) is 0 Å². The largest absolute Gasteiger partial charge is 0.422 e. The molecule has 0 bridgehead atoms. The third-order valence-electron chi connectivity index (χ3n) is 3.01. The lowest BCUT2D eigenvalue weighted by Gasteiger charge is -2.33. The van der Waals surface area contributed by atoms with Gasteiger partial charge in [0, 0.05) is 18.9 Å². The standard InChI is InChI=1S/C17H25NO6S/c1-13(19)23-17(24-25(5,21)22,15(20)18-16(2,3)4)12-11-14-9-7-6-8-10-14/h6-10H,11-12H2,1-5H3,(H,18,20). The average Bonchev–Trinajstić information content (AvgIpc) is 2.42. The van der Waals surface area contributed by atoms with Crippen LogP contribution in [0.4, 0.5) is 0 Å². The maximum atomic E-state index is 12.7. The van der Waals surface area contributed by atoms with Crippen LogP contribution < -0.4 is 5.32 Å². The molecule has 0 aliphatic carbocycles. The highest BCUT2D eigenvalue weighted by molar-refractivity contribution is 7.86. The zero-order chi connectivity index (χ0) is 19.3. The SMILES string of the molecule is CC(=O)OC(CCc1ccccc1)(OS(C)(=O)=O)C(=O)NC(C)(C)C. The number of nitrogens with one attached hydrogen (secondary N) is 1. The molecule has 0 aliphatic rings. The van der Waals surface area contributed by atoms with Crippen LogP contribution in [0.15, 0.2) is 30.3 Å². The molecule has 25 heavy (non-hydrogen) atoms. The van der Waals surface area contributed by atoms with E-state index in [1.54, 1.807) is 20.8 Å². The van der Waals surface area contributed by atoms with E-state index < -0.39 is 33.3 Å². The molecule has 1 rings (SSSR count). The molecule has 140 valence electrons. The van der Waals surface area contributed by atoms with E-state index in [-0.39, 0.29) is 12.8 Å². The quantitative estimate of drug-likeness (QED) is 0.445. The van der Waals surface area contributed by atoms with Crippen molar-refractivity contribution >= 4 is 22.0 Å². The Labute approximate surface area is 148 Å². The van der Waals surface area contributed by atoms with Crippen LogP contribution in [-0.4, -0.2) is 37.9 Å². The van der Waals surface area contributed by atoms with Crippen LogP contribution in [0.25, 0.3) is 0 Å². The van der Waals surface area contributed by atoms with E-state index in [1.807, 2.05) is 30.3 Å². The lowest BCUT2D eigenvalue weighted by molar-refractivity contribution is -0.202. The summed E-state index contributed by atoms with van der Waals surface area (Å²) in [7, 11) is -4.07. The smallest absolute Gasteiger partial charge is 0.308 e.